The van der Waals surface area contributed by atoms with Crippen LogP contribution in [-0.4, -0.2) is 30.1 Å². The van der Waals surface area contributed by atoms with Crippen LogP contribution in [0.15, 0.2) is 83.0 Å². The molecule has 1 heterocycles. The molecule has 0 bridgehead atoms. The average Bonchev–Trinajstić information content (AvgIpc) is 2.82. The number of aryl methyl sites for hydroxylation is 1. The molecule has 1 aliphatic rings. The molecule has 1 aliphatic heterocycles. The monoisotopic (exact) mass is 478 g/mol. The maximum atomic E-state index is 13.4. The van der Waals surface area contributed by atoms with Gasteiger partial charge in [-0.1, -0.05) is 41.9 Å². The molecule has 0 spiro atoms. The summed E-state index contributed by atoms with van der Waals surface area (Å²) >= 11 is 12.0. The SMILES string of the molecule is COc1ccc(N2C(=O)C(N=Nc3ccccc3C)C(=O)N(c3ccccc3Cl)C2=S)cc1. The topological polar surface area (TPSA) is 74.6 Å². The van der Waals surface area contributed by atoms with E-state index in [0.717, 1.165) is 5.56 Å². The minimum Gasteiger partial charge on any atom is -0.497 e. The number of nitrogens with zero attached hydrogens (tertiary/aromatic N) is 4. The zero-order valence-electron chi connectivity index (χ0n) is 17.8. The number of thiocarbonyl (C=S) groups is 1. The van der Waals surface area contributed by atoms with Crippen LogP contribution in [0.5, 0.6) is 5.75 Å². The fourth-order valence-corrected chi connectivity index (χ4v) is 3.96. The molecular weight excluding hydrogens is 460 g/mol. The van der Waals surface area contributed by atoms with Gasteiger partial charge in [-0.3, -0.25) is 19.4 Å². The summed E-state index contributed by atoms with van der Waals surface area (Å²) in [6.45, 7) is 1.87. The number of rotatable bonds is 5. The lowest BCUT2D eigenvalue weighted by Crippen LogP contribution is -2.62. The van der Waals surface area contributed by atoms with E-state index in [4.69, 9.17) is 28.6 Å². The Labute approximate surface area is 201 Å². The molecular formula is C24H19ClN4O3S. The van der Waals surface area contributed by atoms with Crippen LogP contribution in [0.25, 0.3) is 0 Å². The van der Waals surface area contributed by atoms with Gasteiger partial charge in [0.1, 0.15) is 5.75 Å². The van der Waals surface area contributed by atoms with Crippen molar-refractivity contribution in [2.75, 3.05) is 16.9 Å². The second-order valence-corrected chi connectivity index (χ2v) is 7.96. The number of hydrogen-bond donors (Lipinski definition) is 0. The molecule has 2 amide bonds. The lowest BCUT2D eigenvalue weighted by Gasteiger charge is -2.37. The van der Waals surface area contributed by atoms with E-state index in [2.05, 4.69) is 10.2 Å². The van der Waals surface area contributed by atoms with E-state index in [1.165, 1.54) is 9.80 Å². The first-order chi connectivity index (χ1) is 15.9. The molecule has 4 rings (SSSR count). The van der Waals surface area contributed by atoms with E-state index in [0.29, 0.717) is 27.8 Å². The Bertz CT molecular complexity index is 1260. The smallest absolute Gasteiger partial charge is 0.269 e. The van der Waals surface area contributed by atoms with Crippen LogP contribution in [0.4, 0.5) is 17.1 Å². The molecule has 3 aromatic carbocycles. The van der Waals surface area contributed by atoms with Gasteiger partial charge in [-0.05, 0) is 67.2 Å². The molecule has 1 atom stereocenters. The van der Waals surface area contributed by atoms with Gasteiger partial charge in [0, 0.05) is 0 Å². The number of methoxy groups -OCH3 is 1. The Morgan fingerprint density at radius 2 is 1.55 bits per heavy atom. The van der Waals surface area contributed by atoms with Gasteiger partial charge in [-0.15, -0.1) is 0 Å². The second kappa shape index (κ2) is 9.48. The van der Waals surface area contributed by atoms with Gasteiger partial charge in [0.15, 0.2) is 5.11 Å². The Kier molecular flexibility index (Phi) is 6.48. The largest absolute Gasteiger partial charge is 0.497 e. The van der Waals surface area contributed by atoms with Crippen molar-refractivity contribution in [1.29, 1.82) is 0 Å². The van der Waals surface area contributed by atoms with Gasteiger partial charge in [0.05, 0.1) is 29.2 Å². The molecule has 7 nitrogen and oxygen atoms in total. The third kappa shape index (κ3) is 4.35. The quantitative estimate of drug-likeness (QED) is 0.276. The first kappa shape index (κ1) is 22.6. The van der Waals surface area contributed by atoms with Crippen molar-refractivity contribution in [3.05, 3.63) is 83.4 Å². The predicted octanol–water partition coefficient (Wildman–Crippen LogP) is 5.47. The minimum absolute atomic E-state index is 0.0226. The van der Waals surface area contributed by atoms with E-state index < -0.39 is 17.9 Å². The van der Waals surface area contributed by atoms with Crippen LogP contribution in [0.1, 0.15) is 5.56 Å². The van der Waals surface area contributed by atoms with Gasteiger partial charge in [-0.2, -0.15) is 10.2 Å². The summed E-state index contributed by atoms with van der Waals surface area (Å²) in [6.07, 6.45) is 0. The number of amides is 2. The van der Waals surface area contributed by atoms with Crippen molar-refractivity contribution < 1.29 is 14.3 Å². The summed E-state index contributed by atoms with van der Waals surface area (Å²) in [4.78, 5) is 29.4. The second-order valence-electron chi connectivity index (χ2n) is 7.18. The van der Waals surface area contributed by atoms with Crippen LogP contribution in [0.2, 0.25) is 5.02 Å². The highest BCUT2D eigenvalue weighted by Gasteiger charge is 2.46. The van der Waals surface area contributed by atoms with E-state index in [-0.39, 0.29) is 5.11 Å². The molecule has 33 heavy (non-hydrogen) atoms. The van der Waals surface area contributed by atoms with Crippen molar-refractivity contribution >= 4 is 57.8 Å². The number of ether oxygens (including phenoxy) is 1. The van der Waals surface area contributed by atoms with Crippen molar-refractivity contribution in [2.24, 2.45) is 10.2 Å². The summed E-state index contributed by atoms with van der Waals surface area (Å²) in [6, 6.07) is 19.4. The number of anilines is 2. The third-order valence-electron chi connectivity index (χ3n) is 5.11. The van der Waals surface area contributed by atoms with Crippen molar-refractivity contribution in [3.63, 3.8) is 0 Å². The van der Waals surface area contributed by atoms with Crippen LogP contribution < -0.4 is 14.5 Å². The first-order valence-corrected chi connectivity index (χ1v) is 10.8. The van der Waals surface area contributed by atoms with Crippen LogP contribution >= 0.6 is 23.8 Å². The van der Waals surface area contributed by atoms with Crippen LogP contribution in [0.3, 0.4) is 0 Å². The number of carbonyl (C=O) groups excluding carboxylic acids is 2. The van der Waals surface area contributed by atoms with Crippen molar-refractivity contribution in [3.8, 4) is 5.75 Å². The molecule has 9 heteroatoms. The Balaban J connectivity index is 1.80. The molecule has 0 saturated carbocycles. The summed E-state index contributed by atoms with van der Waals surface area (Å²) in [5.41, 5.74) is 2.25. The highest BCUT2D eigenvalue weighted by atomic mass is 35.5. The average molecular weight is 479 g/mol. The zero-order valence-corrected chi connectivity index (χ0v) is 19.4. The van der Waals surface area contributed by atoms with E-state index >= 15 is 0 Å². The van der Waals surface area contributed by atoms with Crippen molar-refractivity contribution in [1.82, 2.24) is 0 Å². The molecule has 1 unspecified atom stereocenters. The first-order valence-electron chi connectivity index (χ1n) is 9.99. The van der Waals surface area contributed by atoms with E-state index in [1.54, 1.807) is 67.8 Å². The highest BCUT2D eigenvalue weighted by molar-refractivity contribution is 7.81. The van der Waals surface area contributed by atoms with Crippen LogP contribution in [-0.2, 0) is 9.59 Å². The lowest BCUT2D eigenvalue weighted by molar-refractivity contribution is -0.128. The fraction of sp³-hybridized carbons (Fsp3) is 0.125. The van der Waals surface area contributed by atoms with Gasteiger partial charge < -0.3 is 4.74 Å². The molecule has 0 aliphatic carbocycles. The molecule has 0 N–H and O–H groups in total. The van der Waals surface area contributed by atoms with Crippen LogP contribution in [0, 0.1) is 6.92 Å². The number of benzene rings is 3. The molecule has 0 aromatic heterocycles. The normalized spacial score (nSPS) is 16.6. The number of halogens is 1. The summed E-state index contributed by atoms with van der Waals surface area (Å²) in [5.74, 6) is -0.611. The van der Waals surface area contributed by atoms with E-state index in [9.17, 15) is 9.59 Å². The molecule has 1 fully saturated rings. The summed E-state index contributed by atoms with van der Waals surface area (Å²) in [5, 5.41) is 8.63. The Morgan fingerprint density at radius 3 is 2.21 bits per heavy atom. The summed E-state index contributed by atoms with van der Waals surface area (Å²) < 4.78 is 5.20. The maximum absolute atomic E-state index is 13.4. The molecule has 0 radical (unpaired) electrons. The Morgan fingerprint density at radius 1 is 0.909 bits per heavy atom. The van der Waals surface area contributed by atoms with Gasteiger partial charge in [0.25, 0.3) is 11.8 Å². The molecule has 1 saturated heterocycles. The number of carbonyl (C=O) groups is 2. The maximum Gasteiger partial charge on any atom is 0.269 e. The zero-order chi connectivity index (χ0) is 23.5. The summed E-state index contributed by atoms with van der Waals surface area (Å²) in [7, 11) is 1.55. The lowest BCUT2D eigenvalue weighted by atomic mass is 10.1. The fourth-order valence-electron chi connectivity index (χ4n) is 3.36. The minimum atomic E-state index is -1.44. The molecule has 3 aromatic rings. The van der Waals surface area contributed by atoms with Gasteiger partial charge in [0.2, 0.25) is 6.04 Å². The van der Waals surface area contributed by atoms with Gasteiger partial charge >= 0.3 is 0 Å². The number of azo groups is 1. The molecule has 166 valence electrons. The Hall–Kier alpha value is -3.62. The highest BCUT2D eigenvalue weighted by Crippen LogP contribution is 2.33. The van der Waals surface area contributed by atoms with Gasteiger partial charge in [-0.25, -0.2) is 0 Å². The van der Waals surface area contributed by atoms with E-state index in [1.807, 2.05) is 19.1 Å². The predicted molar refractivity (Wildman–Crippen MR) is 131 cm³/mol. The number of para-hydroxylation sites is 1. The standard InChI is InChI=1S/C24H19ClN4O3S/c1-15-7-3-5-9-19(15)26-27-21-22(30)28(16-11-13-17(32-2)14-12-16)24(33)29(23(21)31)20-10-6-4-8-18(20)25/h3-14,21H,1-2H3. The third-order valence-corrected chi connectivity index (χ3v) is 5.80. The number of hydrogen-bond acceptors (Lipinski definition) is 6. The van der Waals surface area contributed by atoms with Crippen molar-refractivity contribution in [2.45, 2.75) is 13.0 Å².